The highest BCUT2D eigenvalue weighted by molar-refractivity contribution is 6.32. The van der Waals surface area contributed by atoms with Crippen molar-refractivity contribution in [3.05, 3.63) is 76.8 Å². The van der Waals surface area contributed by atoms with Crippen molar-refractivity contribution in [2.75, 3.05) is 17.7 Å². The number of ether oxygens (including phenoxy) is 1. The Bertz CT molecular complexity index is 968. The molecule has 2 aromatic carbocycles. The van der Waals surface area contributed by atoms with E-state index in [4.69, 9.17) is 16.3 Å². The number of amides is 1. The van der Waals surface area contributed by atoms with E-state index in [1.54, 1.807) is 36.4 Å². The summed E-state index contributed by atoms with van der Waals surface area (Å²) >= 11 is 6.05. The topological polar surface area (TPSA) is 76.1 Å². The van der Waals surface area contributed by atoms with Gasteiger partial charge in [-0.2, -0.15) is 0 Å². The standard InChI is InChI=1S/C19H16ClFN4O2/c1-27-17-7-6-13(10-14(17)20)24-18(26)16-8-9-22-19(25-16)23-11-12-4-2-3-5-15(12)21/h2-10H,11H2,1H3,(H,24,26)(H,22,23,25). The molecule has 1 aromatic heterocycles. The molecule has 8 heteroatoms. The fourth-order valence-corrected chi connectivity index (χ4v) is 2.58. The number of halogens is 2. The van der Waals surface area contributed by atoms with Crippen LogP contribution >= 0.6 is 11.6 Å². The third kappa shape index (κ3) is 4.71. The van der Waals surface area contributed by atoms with E-state index in [1.165, 1.54) is 25.4 Å². The zero-order valence-electron chi connectivity index (χ0n) is 14.4. The molecule has 0 unspecified atom stereocenters. The van der Waals surface area contributed by atoms with Gasteiger partial charge in [-0.05, 0) is 30.3 Å². The van der Waals surface area contributed by atoms with Gasteiger partial charge in [-0.25, -0.2) is 14.4 Å². The van der Waals surface area contributed by atoms with Gasteiger partial charge in [0.2, 0.25) is 5.95 Å². The van der Waals surface area contributed by atoms with Crippen LogP contribution in [0.5, 0.6) is 5.75 Å². The summed E-state index contributed by atoms with van der Waals surface area (Å²) < 4.78 is 18.7. The Morgan fingerprint density at radius 1 is 1.22 bits per heavy atom. The Balaban J connectivity index is 1.68. The number of hydrogen-bond donors (Lipinski definition) is 2. The third-order valence-corrected chi connectivity index (χ3v) is 3.99. The van der Waals surface area contributed by atoms with Crippen LogP contribution in [0.25, 0.3) is 0 Å². The molecule has 0 atom stereocenters. The summed E-state index contributed by atoms with van der Waals surface area (Å²) in [7, 11) is 1.51. The zero-order valence-corrected chi connectivity index (χ0v) is 15.1. The van der Waals surface area contributed by atoms with Crippen LogP contribution in [0.4, 0.5) is 16.0 Å². The highest BCUT2D eigenvalue weighted by Crippen LogP contribution is 2.27. The molecule has 0 saturated heterocycles. The van der Waals surface area contributed by atoms with Gasteiger partial charge in [0.25, 0.3) is 5.91 Å². The minimum atomic E-state index is -0.424. The molecular weight excluding hydrogens is 371 g/mol. The van der Waals surface area contributed by atoms with Crippen LogP contribution in [0.2, 0.25) is 5.02 Å². The van der Waals surface area contributed by atoms with E-state index < -0.39 is 5.91 Å². The van der Waals surface area contributed by atoms with Crippen LogP contribution < -0.4 is 15.4 Å². The van der Waals surface area contributed by atoms with E-state index >= 15 is 0 Å². The smallest absolute Gasteiger partial charge is 0.274 e. The van der Waals surface area contributed by atoms with E-state index in [2.05, 4.69) is 20.6 Å². The summed E-state index contributed by atoms with van der Waals surface area (Å²) in [6, 6.07) is 12.8. The number of methoxy groups -OCH3 is 1. The molecule has 0 bridgehead atoms. The monoisotopic (exact) mass is 386 g/mol. The molecule has 6 nitrogen and oxygen atoms in total. The Morgan fingerprint density at radius 3 is 2.78 bits per heavy atom. The number of nitrogens with one attached hydrogen (secondary N) is 2. The number of hydrogen-bond acceptors (Lipinski definition) is 5. The fraction of sp³-hybridized carbons (Fsp3) is 0.105. The highest BCUT2D eigenvalue weighted by Gasteiger charge is 2.11. The van der Waals surface area contributed by atoms with E-state index in [0.29, 0.717) is 22.0 Å². The molecule has 2 N–H and O–H groups in total. The summed E-state index contributed by atoms with van der Waals surface area (Å²) in [6.45, 7) is 0.200. The highest BCUT2D eigenvalue weighted by atomic mass is 35.5. The van der Waals surface area contributed by atoms with Crippen molar-refractivity contribution in [3.8, 4) is 5.75 Å². The number of nitrogens with zero attached hydrogens (tertiary/aromatic N) is 2. The van der Waals surface area contributed by atoms with Crippen molar-refractivity contribution in [1.29, 1.82) is 0 Å². The minimum Gasteiger partial charge on any atom is -0.495 e. The van der Waals surface area contributed by atoms with Crippen LogP contribution in [-0.4, -0.2) is 23.0 Å². The van der Waals surface area contributed by atoms with Gasteiger partial charge in [-0.1, -0.05) is 29.8 Å². The van der Waals surface area contributed by atoms with Crippen molar-refractivity contribution >= 4 is 29.1 Å². The number of carbonyl (C=O) groups is 1. The van der Waals surface area contributed by atoms with E-state index in [0.717, 1.165) is 0 Å². The maximum Gasteiger partial charge on any atom is 0.274 e. The molecule has 0 aliphatic carbocycles. The molecule has 0 radical (unpaired) electrons. The predicted octanol–water partition coefficient (Wildman–Crippen LogP) is 4.14. The second-order valence-corrected chi connectivity index (χ2v) is 5.92. The van der Waals surface area contributed by atoms with Crippen LogP contribution in [0, 0.1) is 5.82 Å². The number of rotatable bonds is 6. The molecule has 27 heavy (non-hydrogen) atoms. The van der Waals surface area contributed by atoms with Gasteiger partial charge in [0.05, 0.1) is 12.1 Å². The van der Waals surface area contributed by atoms with Crippen molar-refractivity contribution in [3.63, 3.8) is 0 Å². The number of anilines is 2. The lowest BCUT2D eigenvalue weighted by Crippen LogP contribution is -2.15. The lowest BCUT2D eigenvalue weighted by molar-refractivity contribution is 0.102. The van der Waals surface area contributed by atoms with Crippen molar-refractivity contribution in [1.82, 2.24) is 9.97 Å². The van der Waals surface area contributed by atoms with Crippen LogP contribution in [-0.2, 0) is 6.54 Å². The van der Waals surface area contributed by atoms with Gasteiger partial charge in [0.1, 0.15) is 17.3 Å². The normalized spacial score (nSPS) is 10.3. The molecule has 3 aromatic rings. The van der Waals surface area contributed by atoms with Gasteiger partial charge in [0.15, 0.2) is 0 Å². The molecule has 1 heterocycles. The van der Waals surface area contributed by atoms with E-state index in [-0.39, 0.29) is 24.0 Å². The third-order valence-electron chi connectivity index (χ3n) is 3.69. The maximum absolute atomic E-state index is 13.7. The molecular formula is C19H16ClFN4O2. The summed E-state index contributed by atoms with van der Waals surface area (Å²) in [6.07, 6.45) is 1.45. The average Bonchev–Trinajstić information content (AvgIpc) is 2.68. The van der Waals surface area contributed by atoms with E-state index in [1.807, 2.05) is 0 Å². The first-order valence-corrected chi connectivity index (χ1v) is 8.40. The Morgan fingerprint density at radius 2 is 2.04 bits per heavy atom. The van der Waals surface area contributed by atoms with E-state index in [9.17, 15) is 9.18 Å². The van der Waals surface area contributed by atoms with Crippen molar-refractivity contribution < 1.29 is 13.9 Å². The largest absolute Gasteiger partial charge is 0.495 e. The first-order chi connectivity index (χ1) is 13.1. The lowest BCUT2D eigenvalue weighted by Gasteiger charge is -2.09. The number of aromatic nitrogens is 2. The van der Waals surface area contributed by atoms with Crippen LogP contribution in [0.15, 0.2) is 54.7 Å². The quantitative estimate of drug-likeness (QED) is 0.665. The van der Waals surface area contributed by atoms with Gasteiger partial charge >= 0.3 is 0 Å². The van der Waals surface area contributed by atoms with Crippen molar-refractivity contribution in [2.24, 2.45) is 0 Å². The SMILES string of the molecule is COc1ccc(NC(=O)c2ccnc(NCc3ccccc3F)n2)cc1Cl. The van der Waals surface area contributed by atoms with Gasteiger partial charge in [-0.3, -0.25) is 4.79 Å². The fourth-order valence-electron chi connectivity index (χ4n) is 2.33. The average molecular weight is 387 g/mol. The first kappa shape index (κ1) is 18.6. The number of carbonyl (C=O) groups excluding carboxylic acids is 1. The lowest BCUT2D eigenvalue weighted by atomic mass is 10.2. The van der Waals surface area contributed by atoms with Gasteiger partial charge < -0.3 is 15.4 Å². The predicted molar refractivity (Wildman–Crippen MR) is 102 cm³/mol. The van der Waals surface area contributed by atoms with Gasteiger partial charge in [-0.15, -0.1) is 0 Å². The number of benzene rings is 2. The van der Waals surface area contributed by atoms with Crippen LogP contribution in [0.1, 0.15) is 16.1 Å². The summed E-state index contributed by atoms with van der Waals surface area (Å²) in [5.41, 5.74) is 1.14. The Kier molecular flexibility index (Phi) is 5.83. The molecule has 0 spiro atoms. The second-order valence-electron chi connectivity index (χ2n) is 5.51. The second kappa shape index (κ2) is 8.46. The molecule has 0 fully saturated rings. The summed E-state index contributed by atoms with van der Waals surface area (Å²) in [5.74, 6) is -0.0159. The summed E-state index contributed by atoms with van der Waals surface area (Å²) in [4.78, 5) is 20.6. The minimum absolute atomic E-state index is 0.160. The molecule has 0 aliphatic heterocycles. The first-order valence-electron chi connectivity index (χ1n) is 8.02. The molecule has 0 saturated carbocycles. The van der Waals surface area contributed by atoms with Crippen LogP contribution in [0.3, 0.4) is 0 Å². The Hall–Kier alpha value is -3.19. The van der Waals surface area contributed by atoms with Gasteiger partial charge in [0, 0.05) is 24.0 Å². The molecule has 138 valence electrons. The van der Waals surface area contributed by atoms with Crippen molar-refractivity contribution in [2.45, 2.75) is 6.54 Å². The zero-order chi connectivity index (χ0) is 19.2. The maximum atomic E-state index is 13.7. The summed E-state index contributed by atoms with van der Waals surface area (Å²) in [5, 5.41) is 5.99. The Labute approximate surface area is 160 Å². The molecule has 3 rings (SSSR count). The molecule has 0 aliphatic rings. The molecule has 1 amide bonds.